The summed E-state index contributed by atoms with van der Waals surface area (Å²) >= 11 is 1.88. The molecule has 0 saturated heterocycles. The Bertz CT molecular complexity index is 445. The SMILES string of the molecule is CCNC(CC1CC2CCC1C2)c1ccccc1SC. The molecule has 2 bridgehead atoms. The number of hydrogen-bond donors (Lipinski definition) is 1. The molecule has 1 aromatic rings. The van der Waals surface area contributed by atoms with E-state index < -0.39 is 0 Å². The maximum absolute atomic E-state index is 3.75. The van der Waals surface area contributed by atoms with Crippen LogP contribution in [0.1, 0.15) is 50.6 Å². The Balaban J connectivity index is 1.75. The number of fused-ring (bicyclic) bond motifs is 2. The van der Waals surface area contributed by atoms with Gasteiger partial charge in [-0.1, -0.05) is 31.5 Å². The summed E-state index contributed by atoms with van der Waals surface area (Å²) in [5.41, 5.74) is 1.52. The van der Waals surface area contributed by atoms with E-state index in [0.717, 1.165) is 24.3 Å². The third-order valence-electron chi connectivity index (χ3n) is 5.39. The molecule has 4 atom stereocenters. The normalized spacial score (nSPS) is 29.8. The molecule has 0 aliphatic heterocycles. The molecule has 2 saturated carbocycles. The van der Waals surface area contributed by atoms with E-state index in [4.69, 9.17) is 0 Å². The molecule has 3 rings (SSSR count). The van der Waals surface area contributed by atoms with E-state index in [1.165, 1.54) is 42.6 Å². The van der Waals surface area contributed by atoms with E-state index in [-0.39, 0.29) is 0 Å². The molecule has 2 fully saturated rings. The van der Waals surface area contributed by atoms with Crippen LogP contribution in [-0.4, -0.2) is 12.8 Å². The van der Waals surface area contributed by atoms with Gasteiger partial charge in [0.05, 0.1) is 0 Å². The van der Waals surface area contributed by atoms with E-state index in [1.807, 2.05) is 11.8 Å². The fourth-order valence-corrected chi connectivity index (χ4v) is 5.15. The van der Waals surface area contributed by atoms with Crippen molar-refractivity contribution in [2.45, 2.75) is 50.0 Å². The van der Waals surface area contributed by atoms with Gasteiger partial charge in [0.2, 0.25) is 0 Å². The lowest BCUT2D eigenvalue weighted by Crippen LogP contribution is -2.25. The quantitative estimate of drug-likeness (QED) is 0.749. The first-order chi connectivity index (χ1) is 9.81. The van der Waals surface area contributed by atoms with Crippen LogP contribution in [0.15, 0.2) is 29.2 Å². The van der Waals surface area contributed by atoms with E-state index >= 15 is 0 Å². The summed E-state index contributed by atoms with van der Waals surface area (Å²) in [6.07, 6.45) is 9.56. The average Bonchev–Trinajstić information content (AvgIpc) is 3.09. The molecule has 0 amide bonds. The minimum Gasteiger partial charge on any atom is -0.310 e. The van der Waals surface area contributed by atoms with Crippen molar-refractivity contribution < 1.29 is 0 Å². The summed E-state index contributed by atoms with van der Waals surface area (Å²) in [6.45, 7) is 3.30. The Hall–Kier alpha value is -0.470. The minimum absolute atomic E-state index is 0.549. The van der Waals surface area contributed by atoms with Crippen LogP contribution in [0.4, 0.5) is 0 Å². The standard InChI is InChI=1S/C18H27NS/c1-3-19-17(16-6-4-5-7-18(16)20-2)12-15-11-13-8-9-14(15)10-13/h4-7,13-15,17,19H,3,8-12H2,1-2H3. The monoisotopic (exact) mass is 289 g/mol. The van der Waals surface area contributed by atoms with Gasteiger partial charge in [-0.3, -0.25) is 0 Å². The highest BCUT2D eigenvalue weighted by atomic mass is 32.2. The van der Waals surface area contributed by atoms with Gasteiger partial charge >= 0.3 is 0 Å². The summed E-state index contributed by atoms with van der Waals surface area (Å²) in [5.74, 6) is 3.05. The van der Waals surface area contributed by atoms with Crippen LogP contribution in [0.25, 0.3) is 0 Å². The molecule has 110 valence electrons. The second-order valence-corrected chi connectivity index (χ2v) is 7.37. The Labute approximate surface area is 127 Å². The van der Waals surface area contributed by atoms with Crippen LogP contribution in [0, 0.1) is 17.8 Å². The van der Waals surface area contributed by atoms with Gasteiger partial charge < -0.3 is 5.32 Å². The van der Waals surface area contributed by atoms with Gasteiger partial charge in [0.25, 0.3) is 0 Å². The van der Waals surface area contributed by atoms with Crippen molar-refractivity contribution in [1.82, 2.24) is 5.32 Å². The Kier molecular flexibility index (Phi) is 4.72. The lowest BCUT2D eigenvalue weighted by molar-refractivity contribution is 0.279. The summed E-state index contributed by atoms with van der Waals surface area (Å²) in [6, 6.07) is 9.50. The Morgan fingerprint density at radius 2 is 2.10 bits per heavy atom. The maximum Gasteiger partial charge on any atom is 0.0333 e. The highest BCUT2D eigenvalue weighted by molar-refractivity contribution is 7.98. The van der Waals surface area contributed by atoms with Crippen LogP contribution in [0.3, 0.4) is 0 Å². The number of rotatable bonds is 6. The van der Waals surface area contributed by atoms with Crippen molar-refractivity contribution in [3.05, 3.63) is 29.8 Å². The van der Waals surface area contributed by atoms with E-state index in [0.29, 0.717) is 6.04 Å². The number of benzene rings is 1. The van der Waals surface area contributed by atoms with E-state index in [1.54, 1.807) is 0 Å². The van der Waals surface area contributed by atoms with E-state index in [2.05, 4.69) is 42.8 Å². The highest BCUT2D eigenvalue weighted by Crippen LogP contribution is 2.51. The van der Waals surface area contributed by atoms with Crippen molar-refractivity contribution in [2.24, 2.45) is 17.8 Å². The second-order valence-electron chi connectivity index (χ2n) is 6.52. The molecule has 0 aromatic heterocycles. The van der Waals surface area contributed by atoms with Crippen LogP contribution in [0.5, 0.6) is 0 Å². The van der Waals surface area contributed by atoms with E-state index in [9.17, 15) is 0 Å². The van der Waals surface area contributed by atoms with Crippen LogP contribution < -0.4 is 5.32 Å². The smallest absolute Gasteiger partial charge is 0.0333 e. The van der Waals surface area contributed by atoms with Gasteiger partial charge in [0, 0.05) is 10.9 Å². The minimum atomic E-state index is 0.549. The zero-order valence-corrected chi connectivity index (χ0v) is 13.6. The zero-order chi connectivity index (χ0) is 13.9. The molecule has 4 unspecified atom stereocenters. The van der Waals surface area contributed by atoms with Gasteiger partial charge in [-0.05, 0) is 67.9 Å². The van der Waals surface area contributed by atoms with Crippen molar-refractivity contribution in [2.75, 3.05) is 12.8 Å². The molecule has 20 heavy (non-hydrogen) atoms. The topological polar surface area (TPSA) is 12.0 Å². The molecule has 2 aliphatic rings. The molecular weight excluding hydrogens is 262 g/mol. The summed E-state index contributed by atoms with van der Waals surface area (Å²) in [4.78, 5) is 1.45. The molecule has 1 N–H and O–H groups in total. The largest absolute Gasteiger partial charge is 0.310 e. The molecule has 0 heterocycles. The average molecular weight is 289 g/mol. The van der Waals surface area contributed by atoms with Crippen LogP contribution >= 0.6 is 11.8 Å². The van der Waals surface area contributed by atoms with Gasteiger partial charge in [0.15, 0.2) is 0 Å². The first kappa shape index (κ1) is 14.5. The zero-order valence-electron chi connectivity index (χ0n) is 12.8. The number of hydrogen-bond acceptors (Lipinski definition) is 2. The molecule has 1 aromatic carbocycles. The van der Waals surface area contributed by atoms with Gasteiger partial charge in [-0.2, -0.15) is 0 Å². The summed E-state index contributed by atoms with van der Waals surface area (Å²) < 4.78 is 0. The van der Waals surface area contributed by atoms with Crippen molar-refractivity contribution in [3.63, 3.8) is 0 Å². The van der Waals surface area contributed by atoms with Gasteiger partial charge in [-0.25, -0.2) is 0 Å². The first-order valence-corrected chi connectivity index (χ1v) is 9.40. The van der Waals surface area contributed by atoms with Crippen molar-refractivity contribution >= 4 is 11.8 Å². The molecule has 2 aliphatic carbocycles. The van der Waals surface area contributed by atoms with Crippen molar-refractivity contribution in [3.8, 4) is 0 Å². The predicted molar refractivity (Wildman–Crippen MR) is 88.2 cm³/mol. The van der Waals surface area contributed by atoms with Crippen LogP contribution in [-0.2, 0) is 0 Å². The molecule has 1 nitrogen and oxygen atoms in total. The van der Waals surface area contributed by atoms with Crippen LogP contribution in [0.2, 0.25) is 0 Å². The number of thioether (sulfide) groups is 1. The maximum atomic E-state index is 3.75. The van der Waals surface area contributed by atoms with Gasteiger partial charge in [0.1, 0.15) is 0 Å². The molecule has 0 spiro atoms. The molecule has 0 radical (unpaired) electrons. The third-order valence-corrected chi connectivity index (χ3v) is 6.20. The molecule has 2 heteroatoms. The Morgan fingerprint density at radius 3 is 2.75 bits per heavy atom. The highest BCUT2D eigenvalue weighted by Gasteiger charge is 2.40. The predicted octanol–water partition coefficient (Wildman–Crippen LogP) is 4.89. The second kappa shape index (κ2) is 6.53. The fraction of sp³-hybridized carbons (Fsp3) is 0.667. The summed E-state index contributed by atoms with van der Waals surface area (Å²) in [7, 11) is 0. The van der Waals surface area contributed by atoms with Gasteiger partial charge in [-0.15, -0.1) is 11.8 Å². The third kappa shape index (κ3) is 2.92. The fourth-order valence-electron chi connectivity index (χ4n) is 4.49. The molecular formula is C18H27NS. The summed E-state index contributed by atoms with van der Waals surface area (Å²) in [5, 5.41) is 3.75. The number of nitrogens with one attached hydrogen (secondary N) is 1. The lowest BCUT2D eigenvalue weighted by atomic mass is 9.82. The lowest BCUT2D eigenvalue weighted by Gasteiger charge is -2.28. The Morgan fingerprint density at radius 1 is 1.25 bits per heavy atom. The first-order valence-electron chi connectivity index (χ1n) is 8.18. The van der Waals surface area contributed by atoms with Crippen molar-refractivity contribution in [1.29, 1.82) is 0 Å².